The third kappa shape index (κ3) is 41.2. The minimum Gasteiger partial charge on any atom is -0.379 e. The Hall–Kier alpha value is -1.15. The highest BCUT2D eigenvalue weighted by atomic mass is 33.1. The summed E-state index contributed by atoms with van der Waals surface area (Å²) in [6.07, 6.45) is 47.7. The van der Waals surface area contributed by atoms with E-state index >= 15 is 0 Å². The number of ether oxygens (including phenoxy) is 2. The molecule has 0 radical (unpaired) electrons. The summed E-state index contributed by atoms with van der Waals surface area (Å²) in [7, 11) is 3.44. The number of hydrogen-bond donors (Lipinski definition) is 3. The average Bonchev–Trinajstić information content (AvgIpc) is 3.10. The maximum Gasteiger partial charge on any atom is 0.186 e. The van der Waals surface area contributed by atoms with Gasteiger partial charge in [0.1, 0.15) is 0 Å². The Balaban J connectivity index is 3.86. The quantitative estimate of drug-likeness (QED) is 0.0147. The topological polar surface area (TPSA) is 80.4 Å². The zero-order valence-corrected chi connectivity index (χ0v) is 33.9. The van der Waals surface area contributed by atoms with Gasteiger partial charge in [-0.15, -0.1) is 0 Å². The molecule has 0 saturated carbocycles. The van der Waals surface area contributed by atoms with E-state index in [9.17, 15) is 0 Å². The largest absolute Gasteiger partial charge is 0.379 e. The van der Waals surface area contributed by atoms with Gasteiger partial charge in [-0.3, -0.25) is 5.41 Å². The molecule has 0 aliphatic rings. The van der Waals surface area contributed by atoms with Gasteiger partial charge >= 0.3 is 0 Å². The molecule has 49 heavy (non-hydrogen) atoms. The Morgan fingerprint density at radius 2 is 1.16 bits per heavy atom. The van der Waals surface area contributed by atoms with E-state index < -0.39 is 0 Å². The first-order chi connectivity index (χ1) is 24.1. The summed E-state index contributed by atoms with van der Waals surface area (Å²) >= 11 is 0. The van der Waals surface area contributed by atoms with Crippen molar-refractivity contribution in [1.82, 2.24) is 5.32 Å². The molecule has 0 heterocycles. The summed E-state index contributed by atoms with van der Waals surface area (Å²) in [4.78, 5) is 0. The summed E-state index contributed by atoms with van der Waals surface area (Å²) < 4.78 is 12.3. The predicted octanol–water partition coefficient (Wildman–Crippen LogP) is 13.1. The van der Waals surface area contributed by atoms with E-state index in [1.54, 1.807) is 21.6 Å². The third-order valence-corrected chi connectivity index (χ3v) is 10.9. The van der Waals surface area contributed by atoms with Gasteiger partial charge in [0.25, 0.3) is 0 Å². The molecular weight excluding hydrogens is 643 g/mol. The van der Waals surface area contributed by atoms with Gasteiger partial charge in [-0.2, -0.15) is 0 Å². The number of hydrogen-bond acceptors (Lipinski definition) is 5. The smallest absolute Gasteiger partial charge is 0.186 e. The van der Waals surface area contributed by atoms with E-state index in [1.165, 1.54) is 122 Å². The SMILES string of the molecule is CCCCC/C=C\C/C=C\CCCCCCCCOCC(CSSCNC(=N)N)OCCCCCCCC/C=C\C/C=C\CCC(C)CC. The normalized spacial score (nSPS) is 13.4. The van der Waals surface area contributed by atoms with Gasteiger partial charge in [-0.1, -0.05) is 162 Å². The van der Waals surface area contributed by atoms with Crippen LogP contribution >= 0.6 is 21.6 Å². The molecule has 0 rings (SSSR count). The lowest BCUT2D eigenvalue weighted by Gasteiger charge is -2.18. The second-order valence-electron chi connectivity index (χ2n) is 13.5. The highest BCUT2D eigenvalue weighted by Gasteiger charge is 2.10. The molecule has 0 fully saturated rings. The van der Waals surface area contributed by atoms with Crippen LogP contribution < -0.4 is 11.1 Å². The van der Waals surface area contributed by atoms with Crippen LogP contribution in [0.5, 0.6) is 0 Å². The van der Waals surface area contributed by atoms with Crippen molar-refractivity contribution in [2.24, 2.45) is 11.7 Å². The zero-order chi connectivity index (χ0) is 35.7. The van der Waals surface area contributed by atoms with E-state index in [4.69, 9.17) is 20.6 Å². The molecule has 0 aromatic heterocycles. The highest BCUT2D eigenvalue weighted by molar-refractivity contribution is 8.76. The minimum absolute atomic E-state index is 0.0182. The average molecular weight is 722 g/mol. The van der Waals surface area contributed by atoms with Crippen molar-refractivity contribution in [2.75, 3.05) is 31.5 Å². The van der Waals surface area contributed by atoms with Crippen LogP contribution in [0.25, 0.3) is 0 Å². The molecule has 5 nitrogen and oxygen atoms in total. The molecule has 0 saturated heterocycles. The van der Waals surface area contributed by atoms with E-state index in [0.29, 0.717) is 12.5 Å². The van der Waals surface area contributed by atoms with Crippen LogP contribution in [0, 0.1) is 11.3 Å². The lowest BCUT2D eigenvalue weighted by molar-refractivity contribution is -0.00609. The lowest BCUT2D eigenvalue weighted by atomic mass is 10.0. The maximum absolute atomic E-state index is 7.31. The summed E-state index contributed by atoms with van der Waals surface area (Å²) in [6.45, 7) is 9.17. The van der Waals surface area contributed by atoms with Gasteiger partial charge in [-0.05, 0) is 83.0 Å². The van der Waals surface area contributed by atoms with Gasteiger partial charge in [0, 0.05) is 19.0 Å². The van der Waals surface area contributed by atoms with Gasteiger partial charge in [0.2, 0.25) is 0 Å². The number of guanidine groups is 1. The van der Waals surface area contributed by atoms with Crippen LogP contribution in [0.2, 0.25) is 0 Å². The number of nitrogens with two attached hydrogens (primary N) is 1. The van der Waals surface area contributed by atoms with Crippen LogP contribution in [0.1, 0.15) is 168 Å². The summed E-state index contributed by atoms with van der Waals surface area (Å²) in [5.74, 6) is 2.38. The molecule has 0 aromatic rings. The van der Waals surface area contributed by atoms with E-state index in [1.807, 2.05) is 0 Å². The molecule has 0 amide bonds. The van der Waals surface area contributed by atoms with Crippen molar-refractivity contribution in [3.05, 3.63) is 48.6 Å². The monoisotopic (exact) mass is 722 g/mol. The second-order valence-corrected chi connectivity index (χ2v) is 16.0. The van der Waals surface area contributed by atoms with Gasteiger partial charge in [-0.25, -0.2) is 0 Å². The standard InChI is InChI=1S/C42H79N3O2S2/c1-4-6-7-8-9-10-11-12-13-14-17-20-23-26-29-32-35-46-37-41(38-48-49-39-45-42(43)44)47-36-33-30-27-24-21-18-15-16-19-22-25-28-31-34-40(3)5-2/h9-10,12-13,16,19,25,28,40-41H,4-8,11,14-15,17-18,20-24,26-27,29-39H2,1-3H3,(H4,43,44,45)/b10-9-,13-12-,19-16-,28-25-. The van der Waals surface area contributed by atoms with Gasteiger partial charge in [0.05, 0.1) is 18.6 Å². The molecule has 0 aliphatic carbocycles. The third-order valence-electron chi connectivity index (χ3n) is 8.70. The van der Waals surface area contributed by atoms with Crippen molar-refractivity contribution >= 4 is 27.5 Å². The van der Waals surface area contributed by atoms with E-state index in [2.05, 4.69) is 74.7 Å². The first kappa shape index (κ1) is 47.8. The Bertz CT molecular complexity index is 803. The van der Waals surface area contributed by atoms with Crippen molar-refractivity contribution in [1.29, 1.82) is 5.41 Å². The van der Waals surface area contributed by atoms with Crippen LogP contribution in [0.4, 0.5) is 0 Å². The number of nitrogens with one attached hydrogen (secondary N) is 2. The molecule has 0 aliphatic heterocycles. The maximum atomic E-state index is 7.31. The number of rotatable bonds is 38. The first-order valence-corrected chi connectivity index (χ1v) is 22.7. The highest BCUT2D eigenvalue weighted by Crippen LogP contribution is 2.22. The lowest BCUT2D eigenvalue weighted by Crippen LogP contribution is -2.29. The summed E-state index contributed by atoms with van der Waals surface area (Å²) in [5.41, 5.74) is 5.39. The van der Waals surface area contributed by atoms with E-state index in [0.717, 1.165) is 50.6 Å². The fraction of sp³-hybridized carbons (Fsp3) is 0.786. The van der Waals surface area contributed by atoms with Crippen LogP contribution in [0.3, 0.4) is 0 Å². The van der Waals surface area contributed by atoms with Crippen LogP contribution in [-0.2, 0) is 9.47 Å². The van der Waals surface area contributed by atoms with Crippen molar-refractivity contribution in [3.8, 4) is 0 Å². The zero-order valence-electron chi connectivity index (χ0n) is 32.3. The van der Waals surface area contributed by atoms with Crippen molar-refractivity contribution in [2.45, 2.75) is 175 Å². The molecule has 2 unspecified atom stereocenters. The Morgan fingerprint density at radius 1 is 0.653 bits per heavy atom. The number of allylic oxidation sites excluding steroid dienone is 8. The molecule has 7 heteroatoms. The predicted molar refractivity (Wildman–Crippen MR) is 224 cm³/mol. The van der Waals surface area contributed by atoms with Gasteiger partial charge in [0.15, 0.2) is 5.96 Å². The molecule has 0 spiro atoms. The summed E-state index contributed by atoms with van der Waals surface area (Å²) in [6, 6.07) is 0. The first-order valence-electron chi connectivity index (χ1n) is 20.2. The van der Waals surface area contributed by atoms with E-state index in [-0.39, 0.29) is 12.1 Å². The van der Waals surface area contributed by atoms with Gasteiger partial charge < -0.3 is 20.5 Å². The second kappa shape index (κ2) is 41.3. The van der Waals surface area contributed by atoms with Crippen LogP contribution in [-0.4, -0.2) is 43.5 Å². The van der Waals surface area contributed by atoms with Crippen LogP contribution in [0.15, 0.2) is 48.6 Å². The molecular formula is C42H79N3O2S2. The summed E-state index contributed by atoms with van der Waals surface area (Å²) in [5, 5.41) is 10.2. The molecule has 2 atom stereocenters. The number of unbranched alkanes of at least 4 members (excludes halogenated alkanes) is 15. The Labute approximate surface area is 312 Å². The van der Waals surface area contributed by atoms with Crippen molar-refractivity contribution in [3.63, 3.8) is 0 Å². The fourth-order valence-corrected chi connectivity index (χ4v) is 7.15. The molecule has 0 bridgehead atoms. The van der Waals surface area contributed by atoms with Crippen molar-refractivity contribution < 1.29 is 9.47 Å². The molecule has 4 N–H and O–H groups in total. The molecule has 0 aromatic carbocycles. The Kier molecular flexibility index (Phi) is 40.3. The fourth-order valence-electron chi connectivity index (χ4n) is 5.24. The Morgan fingerprint density at radius 3 is 1.71 bits per heavy atom. The minimum atomic E-state index is 0.0182. The molecule has 286 valence electrons.